The highest BCUT2D eigenvalue weighted by atomic mass is 16.5. The van der Waals surface area contributed by atoms with E-state index in [1.54, 1.807) is 61.7 Å². The molecule has 38 heavy (non-hydrogen) atoms. The Balaban J connectivity index is 0.000000328. The number of amides is 1. The van der Waals surface area contributed by atoms with Gasteiger partial charge in [0.15, 0.2) is 11.5 Å². The van der Waals surface area contributed by atoms with E-state index in [9.17, 15) is 10.1 Å². The highest BCUT2D eigenvalue weighted by molar-refractivity contribution is 5.91. The number of benzene rings is 3. The van der Waals surface area contributed by atoms with E-state index in [2.05, 4.69) is 6.07 Å². The third-order valence-electron chi connectivity index (χ3n) is 5.42. The number of phenols is 1. The van der Waals surface area contributed by atoms with Crippen molar-refractivity contribution in [2.24, 2.45) is 11.5 Å². The molecule has 0 radical (unpaired) electrons. The van der Waals surface area contributed by atoms with Crippen LogP contribution in [0.15, 0.2) is 54.6 Å². The van der Waals surface area contributed by atoms with E-state index in [0.29, 0.717) is 46.2 Å². The van der Waals surface area contributed by atoms with Crippen LogP contribution in [0.25, 0.3) is 11.6 Å². The Labute approximate surface area is 221 Å². The summed E-state index contributed by atoms with van der Waals surface area (Å²) in [5, 5.41) is 18.6. The number of rotatable bonds is 9. The zero-order valence-electron chi connectivity index (χ0n) is 21.7. The fraction of sp³-hybridized carbons (Fsp3) is 0.214. The van der Waals surface area contributed by atoms with Crippen molar-refractivity contribution >= 4 is 23.2 Å². The van der Waals surface area contributed by atoms with Gasteiger partial charge in [-0.05, 0) is 65.6 Å². The molecule has 0 aliphatic carbocycles. The van der Waals surface area contributed by atoms with Gasteiger partial charge in [0.05, 0.1) is 51.8 Å². The summed E-state index contributed by atoms with van der Waals surface area (Å²) in [7, 11) is 6.14. The van der Waals surface area contributed by atoms with E-state index in [1.165, 1.54) is 21.3 Å². The smallest absolute Gasteiger partial charge is 0.234 e. The number of phenolic OH excluding ortho intramolecular Hbond substituents is 1. The normalized spacial score (nSPS) is 11.3. The Morgan fingerprint density at radius 2 is 1.53 bits per heavy atom. The number of nitrogen functional groups attached to an aromatic ring is 1. The lowest BCUT2D eigenvalue weighted by atomic mass is 10.0. The monoisotopic (exact) mass is 520 g/mol. The van der Waals surface area contributed by atoms with Gasteiger partial charge >= 0.3 is 0 Å². The van der Waals surface area contributed by atoms with Crippen LogP contribution < -0.4 is 36.1 Å². The molecule has 0 saturated carbocycles. The fourth-order valence-corrected chi connectivity index (χ4v) is 3.41. The summed E-state index contributed by atoms with van der Waals surface area (Å²) in [4.78, 5) is 10.6. The van der Waals surface area contributed by atoms with Crippen LogP contribution in [0.1, 0.15) is 16.7 Å². The largest absolute Gasteiger partial charge is 0.508 e. The summed E-state index contributed by atoms with van der Waals surface area (Å²) < 4.78 is 21.1. The molecule has 10 heteroatoms. The van der Waals surface area contributed by atoms with Crippen molar-refractivity contribution in [1.82, 2.24) is 0 Å². The third-order valence-corrected chi connectivity index (χ3v) is 5.42. The third kappa shape index (κ3) is 7.81. The van der Waals surface area contributed by atoms with Crippen molar-refractivity contribution < 1.29 is 28.8 Å². The van der Waals surface area contributed by atoms with Gasteiger partial charge in [0.1, 0.15) is 11.5 Å². The maximum Gasteiger partial charge on any atom is 0.234 e. The molecule has 0 saturated heterocycles. The second kappa shape index (κ2) is 14.0. The minimum Gasteiger partial charge on any atom is -0.508 e. The van der Waals surface area contributed by atoms with Crippen LogP contribution in [-0.4, -0.2) is 45.5 Å². The number of nitrogens with zero attached hydrogens (tertiary/aromatic N) is 1. The lowest BCUT2D eigenvalue weighted by Crippen LogP contribution is -2.38. The van der Waals surface area contributed by atoms with E-state index in [4.69, 9.17) is 41.3 Å². The number of methoxy groups -OCH3 is 4. The molecule has 7 N–H and O–H groups in total. The summed E-state index contributed by atoms with van der Waals surface area (Å²) in [6, 6.07) is 16.8. The fourth-order valence-electron chi connectivity index (χ4n) is 3.41. The predicted octanol–water partition coefficient (Wildman–Crippen LogP) is 3.11. The first kappa shape index (κ1) is 29.4. The molecule has 0 unspecified atom stereocenters. The Morgan fingerprint density at radius 3 is 1.97 bits per heavy atom. The van der Waals surface area contributed by atoms with Crippen LogP contribution >= 0.6 is 0 Å². The number of nitriles is 1. The van der Waals surface area contributed by atoms with E-state index < -0.39 is 11.9 Å². The van der Waals surface area contributed by atoms with Crippen molar-refractivity contribution in [1.29, 1.82) is 5.26 Å². The zero-order chi connectivity index (χ0) is 28.2. The quantitative estimate of drug-likeness (QED) is 0.187. The summed E-state index contributed by atoms with van der Waals surface area (Å²) in [6.07, 6.45) is 2.13. The van der Waals surface area contributed by atoms with Gasteiger partial charge in [-0.2, -0.15) is 5.26 Å². The Kier molecular flexibility index (Phi) is 10.8. The van der Waals surface area contributed by atoms with Crippen molar-refractivity contribution in [3.63, 3.8) is 0 Å². The van der Waals surface area contributed by atoms with Crippen LogP contribution in [0, 0.1) is 11.3 Å². The maximum atomic E-state index is 10.6. The van der Waals surface area contributed by atoms with E-state index in [1.807, 2.05) is 6.07 Å². The molecule has 0 bridgehead atoms. The van der Waals surface area contributed by atoms with Gasteiger partial charge in [0.25, 0.3) is 0 Å². The molecule has 0 aromatic heterocycles. The van der Waals surface area contributed by atoms with Crippen LogP contribution in [0.2, 0.25) is 0 Å². The van der Waals surface area contributed by atoms with Crippen LogP contribution in [0.5, 0.6) is 28.7 Å². The first-order chi connectivity index (χ1) is 18.2. The first-order valence-electron chi connectivity index (χ1n) is 11.4. The first-order valence-corrected chi connectivity index (χ1v) is 11.4. The molecular formula is C28H32N4O6. The molecule has 0 heterocycles. The van der Waals surface area contributed by atoms with Gasteiger partial charge in [0, 0.05) is 0 Å². The molecule has 0 aliphatic heterocycles. The van der Waals surface area contributed by atoms with Crippen molar-refractivity contribution in [3.8, 4) is 34.8 Å². The van der Waals surface area contributed by atoms with Crippen LogP contribution in [0.3, 0.4) is 0 Å². The number of carbonyl (C=O) groups excluding carboxylic acids is 1. The van der Waals surface area contributed by atoms with Crippen molar-refractivity contribution in [2.45, 2.75) is 12.5 Å². The molecule has 200 valence electrons. The number of aromatic hydroxyl groups is 1. The molecule has 3 aromatic carbocycles. The molecule has 0 spiro atoms. The second-order valence-electron chi connectivity index (χ2n) is 7.96. The number of hydrogen-bond acceptors (Lipinski definition) is 9. The molecule has 0 aliphatic rings. The summed E-state index contributed by atoms with van der Waals surface area (Å²) in [6.45, 7) is 0. The Hall–Kier alpha value is -4.88. The molecular weight excluding hydrogens is 488 g/mol. The van der Waals surface area contributed by atoms with Crippen LogP contribution in [-0.2, 0) is 11.2 Å². The average molecular weight is 521 g/mol. The number of ether oxygens (including phenoxy) is 4. The number of nitrogens with two attached hydrogens (primary N) is 3. The molecule has 0 fully saturated rings. The number of anilines is 1. The highest BCUT2D eigenvalue weighted by Crippen LogP contribution is 2.40. The average Bonchev–Trinajstić information content (AvgIpc) is 2.92. The minimum absolute atomic E-state index is 0.191. The van der Waals surface area contributed by atoms with Gasteiger partial charge in [-0.25, -0.2) is 0 Å². The molecule has 1 amide bonds. The maximum absolute atomic E-state index is 10.6. The Morgan fingerprint density at radius 1 is 0.947 bits per heavy atom. The van der Waals surface area contributed by atoms with Crippen LogP contribution in [0.4, 0.5) is 5.69 Å². The molecule has 3 rings (SSSR count). The van der Waals surface area contributed by atoms with Gasteiger partial charge in [-0.1, -0.05) is 18.2 Å². The summed E-state index contributed by atoms with van der Waals surface area (Å²) in [5.41, 5.74) is 19.6. The lowest BCUT2D eigenvalue weighted by molar-refractivity contribution is -0.119. The zero-order valence-corrected chi connectivity index (χ0v) is 21.7. The minimum atomic E-state index is -0.662. The topological polar surface area (TPSA) is 176 Å². The van der Waals surface area contributed by atoms with Gasteiger partial charge < -0.3 is 41.3 Å². The standard InChI is InChI=1S/C19H20N2O4.C9H12N2O2/c1-22-16-6-5-12(8-15(16)21)7-14(11-20)13-9-17(23-2)19(25-4)18(10-13)24-3;10-8(9(11)13)5-6-1-3-7(12)4-2-6/h5-10H,21H2,1-4H3;1-4,8,12H,5,10H2,(H2,11,13)/t;8-/m.0/s1. The predicted molar refractivity (Wildman–Crippen MR) is 146 cm³/mol. The van der Waals surface area contributed by atoms with Crippen molar-refractivity contribution in [3.05, 3.63) is 71.3 Å². The summed E-state index contributed by atoms with van der Waals surface area (Å²) in [5.74, 6) is 1.69. The van der Waals surface area contributed by atoms with E-state index in [0.717, 1.165) is 11.1 Å². The number of primary amides is 1. The Bertz CT molecular complexity index is 1290. The lowest BCUT2D eigenvalue weighted by Gasteiger charge is -2.14. The van der Waals surface area contributed by atoms with Gasteiger partial charge in [-0.15, -0.1) is 0 Å². The van der Waals surface area contributed by atoms with E-state index in [-0.39, 0.29) is 5.75 Å². The molecule has 1 atom stereocenters. The van der Waals surface area contributed by atoms with Crippen molar-refractivity contribution in [2.75, 3.05) is 34.2 Å². The van der Waals surface area contributed by atoms with Gasteiger partial charge in [-0.3, -0.25) is 4.79 Å². The molecule has 10 nitrogen and oxygen atoms in total. The number of hydrogen-bond donors (Lipinski definition) is 4. The van der Waals surface area contributed by atoms with Gasteiger partial charge in [0.2, 0.25) is 11.7 Å². The second-order valence-corrected chi connectivity index (χ2v) is 7.96. The summed E-state index contributed by atoms with van der Waals surface area (Å²) >= 11 is 0. The molecule has 3 aromatic rings. The number of carbonyl (C=O) groups is 1. The highest BCUT2D eigenvalue weighted by Gasteiger charge is 2.15. The number of allylic oxidation sites excluding steroid dienone is 1. The van der Waals surface area contributed by atoms with E-state index >= 15 is 0 Å². The SMILES string of the molecule is COc1ccc(C=C(C#N)c2cc(OC)c(OC)c(OC)c2)cc1N.NC(=O)[C@@H](N)Cc1ccc(O)cc1.